The Labute approximate surface area is 104 Å². The van der Waals surface area contributed by atoms with Crippen LogP contribution in [-0.2, 0) is 19.6 Å². The van der Waals surface area contributed by atoms with Crippen LogP contribution >= 0.6 is 0 Å². The Morgan fingerprint density at radius 3 is 3.06 bits per heavy atom. The lowest BCUT2D eigenvalue weighted by atomic mass is 10.1. The van der Waals surface area contributed by atoms with E-state index in [0.29, 0.717) is 18.8 Å². The van der Waals surface area contributed by atoms with Gasteiger partial charge in [0.05, 0.1) is 12.2 Å². The fraction of sp³-hybridized carbons (Fsp3) is 0.333. The van der Waals surface area contributed by atoms with Gasteiger partial charge in [-0.25, -0.2) is 4.39 Å². The number of fused-ring (bicyclic) bond motifs is 1. The molecule has 0 radical (unpaired) electrons. The van der Waals surface area contributed by atoms with Gasteiger partial charge in [-0.3, -0.25) is 0 Å². The highest BCUT2D eigenvalue weighted by Crippen LogP contribution is 2.27. The van der Waals surface area contributed by atoms with E-state index in [4.69, 9.17) is 5.73 Å². The van der Waals surface area contributed by atoms with Crippen LogP contribution in [0, 0.1) is 5.82 Å². The van der Waals surface area contributed by atoms with Crippen LogP contribution in [-0.4, -0.2) is 21.3 Å². The van der Waals surface area contributed by atoms with Gasteiger partial charge >= 0.3 is 0 Å². The summed E-state index contributed by atoms with van der Waals surface area (Å²) in [6.07, 6.45) is 1.71. The fourth-order valence-electron chi connectivity index (χ4n) is 2.34. The Kier molecular flexibility index (Phi) is 2.71. The molecule has 0 aliphatic carbocycles. The molecule has 5 nitrogen and oxygen atoms in total. The van der Waals surface area contributed by atoms with Crippen LogP contribution in [0.25, 0.3) is 0 Å². The first-order valence-electron chi connectivity index (χ1n) is 5.88. The zero-order chi connectivity index (χ0) is 12.5. The van der Waals surface area contributed by atoms with Crippen molar-refractivity contribution >= 4 is 5.69 Å². The van der Waals surface area contributed by atoms with Crippen molar-refractivity contribution in [3.8, 4) is 0 Å². The third-order valence-electron chi connectivity index (χ3n) is 3.25. The van der Waals surface area contributed by atoms with E-state index in [9.17, 15) is 4.39 Å². The maximum atomic E-state index is 14.0. The Morgan fingerprint density at radius 2 is 2.22 bits per heavy atom. The summed E-state index contributed by atoms with van der Waals surface area (Å²) in [6.45, 7) is 2.39. The van der Waals surface area contributed by atoms with E-state index < -0.39 is 0 Å². The molecule has 2 heterocycles. The Balaban J connectivity index is 1.97. The second-order valence-electron chi connectivity index (χ2n) is 4.31. The molecule has 0 fully saturated rings. The van der Waals surface area contributed by atoms with Gasteiger partial charge in [-0.2, -0.15) is 0 Å². The van der Waals surface area contributed by atoms with Crippen molar-refractivity contribution in [3.05, 3.63) is 41.7 Å². The van der Waals surface area contributed by atoms with Gasteiger partial charge in [-0.05, 0) is 11.6 Å². The molecule has 1 aromatic carbocycles. The third kappa shape index (κ3) is 1.74. The Morgan fingerprint density at radius 1 is 1.33 bits per heavy atom. The number of rotatable bonds is 2. The summed E-state index contributed by atoms with van der Waals surface area (Å²) >= 11 is 0. The molecule has 3 rings (SSSR count). The average Bonchev–Trinajstić information content (AvgIpc) is 2.85. The minimum atomic E-state index is -0.231. The molecular weight excluding hydrogens is 233 g/mol. The second-order valence-corrected chi connectivity index (χ2v) is 4.31. The van der Waals surface area contributed by atoms with E-state index in [-0.39, 0.29) is 5.82 Å². The standard InChI is InChI=1S/C12H14FN5/c13-10-3-1-2-9(6-14)12(10)17-4-5-18-8-15-16-11(18)7-17/h1-3,8H,4-7,14H2. The quantitative estimate of drug-likeness (QED) is 0.856. The van der Waals surface area contributed by atoms with Gasteiger partial charge in [-0.1, -0.05) is 12.1 Å². The summed E-state index contributed by atoms with van der Waals surface area (Å²) in [5.41, 5.74) is 7.09. The molecule has 18 heavy (non-hydrogen) atoms. The van der Waals surface area contributed by atoms with Gasteiger partial charge in [0.2, 0.25) is 0 Å². The SMILES string of the molecule is NCc1cccc(F)c1N1CCn2cnnc2C1. The zero-order valence-corrected chi connectivity index (χ0v) is 9.88. The molecule has 0 spiro atoms. The molecule has 6 heteroatoms. The van der Waals surface area contributed by atoms with Crippen molar-refractivity contribution in [2.45, 2.75) is 19.6 Å². The van der Waals surface area contributed by atoms with E-state index in [0.717, 1.165) is 24.5 Å². The summed E-state index contributed by atoms with van der Waals surface area (Å²) in [7, 11) is 0. The molecule has 1 aliphatic heterocycles. The molecule has 0 unspecified atom stereocenters. The molecule has 0 saturated carbocycles. The van der Waals surface area contributed by atoms with Crippen LogP contribution in [0.4, 0.5) is 10.1 Å². The summed E-state index contributed by atoms with van der Waals surface area (Å²) in [5, 5.41) is 7.90. The molecule has 0 amide bonds. The number of benzene rings is 1. The Hall–Kier alpha value is -1.95. The van der Waals surface area contributed by atoms with E-state index in [1.165, 1.54) is 6.07 Å². The van der Waals surface area contributed by atoms with Gasteiger partial charge in [-0.15, -0.1) is 10.2 Å². The molecule has 2 N–H and O–H groups in total. The van der Waals surface area contributed by atoms with Crippen LogP contribution in [0.15, 0.2) is 24.5 Å². The predicted octanol–water partition coefficient (Wildman–Crippen LogP) is 0.896. The smallest absolute Gasteiger partial charge is 0.152 e. The van der Waals surface area contributed by atoms with Gasteiger partial charge < -0.3 is 15.2 Å². The van der Waals surface area contributed by atoms with Gasteiger partial charge in [0.15, 0.2) is 5.82 Å². The normalized spacial score (nSPS) is 14.7. The minimum Gasteiger partial charge on any atom is -0.360 e. The van der Waals surface area contributed by atoms with Crippen molar-refractivity contribution in [1.29, 1.82) is 0 Å². The number of nitrogens with zero attached hydrogens (tertiary/aromatic N) is 4. The molecule has 0 saturated heterocycles. The first kappa shape index (κ1) is 11.2. The number of halogens is 1. The van der Waals surface area contributed by atoms with Crippen molar-refractivity contribution in [1.82, 2.24) is 14.8 Å². The number of para-hydroxylation sites is 1. The van der Waals surface area contributed by atoms with E-state index in [1.807, 2.05) is 15.5 Å². The molecule has 0 bridgehead atoms. The summed E-state index contributed by atoms with van der Waals surface area (Å²) in [6, 6.07) is 5.01. The van der Waals surface area contributed by atoms with Crippen LogP contribution in [0.1, 0.15) is 11.4 Å². The summed E-state index contributed by atoms with van der Waals surface area (Å²) < 4.78 is 16.0. The highest BCUT2D eigenvalue weighted by molar-refractivity contribution is 5.55. The van der Waals surface area contributed by atoms with E-state index >= 15 is 0 Å². The lowest BCUT2D eigenvalue weighted by Crippen LogP contribution is -2.35. The number of nitrogens with two attached hydrogens (primary N) is 1. The van der Waals surface area contributed by atoms with Gasteiger partial charge in [0.25, 0.3) is 0 Å². The maximum Gasteiger partial charge on any atom is 0.152 e. The summed E-state index contributed by atoms with van der Waals surface area (Å²) in [4.78, 5) is 1.97. The number of hydrogen-bond donors (Lipinski definition) is 1. The topological polar surface area (TPSA) is 60.0 Å². The van der Waals surface area contributed by atoms with E-state index in [1.54, 1.807) is 12.4 Å². The lowest BCUT2D eigenvalue weighted by molar-refractivity contribution is 0.542. The molecule has 1 aliphatic rings. The average molecular weight is 247 g/mol. The molecule has 0 atom stereocenters. The monoisotopic (exact) mass is 247 g/mol. The number of hydrogen-bond acceptors (Lipinski definition) is 4. The number of aromatic nitrogens is 3. The third-order valence-corrected chi connectivity index (χ3v) is 3.25. The molecule has 2 aromatic rings. The zero-order valence-electron chi connectivity index (χ0n) is 9.88. The Bertz CT molecular complexity index is 565. The van der Waals surface area contributed by atoms with Gasteiger partial charge in [0, 0.05) is 19.6 Å². The minimum absolute atomic E-state index is 0.231. The van der Waals surface area contributed by atoms with Gasteiger partial charge in [0.1, 0.15) is 12.1 Å². The van der Waals surface area contributed by atoms with Crippen LogP contribution in [0.5, 0.6) is 0 Å². The second kappa shape index (κ2) is 4.38. The van der Waals surface area contributed by atoms with E-state index in [2.05, 4.69) is 10.2 Å². The van der Waals surface area contributed by atoms with Crippen LogP contribution in [0.2, 0.25) is 0 Å². The maximum absolute atomic E-state index is 14.0. The fourth-order valence-corrected chi connectivity index (χ4v) is 2.34. The number of anilines is 1. The first-order chi connectivity index (χ1) is 8.79. The predicted molar refractivity (Wildman–Crippen MR) is 65.4 cm³/mol. The van der Waals surface area contributed by atoms with Crippen molar-refractivity contribution in [2.75, 3.05) is 11.4 Å². The van der Waals surface area contributed by atoms with Crippen molar-refractivity contribution < 1.29 is 4.39 Å². The van der Waals surface area contributed by atoms with Crippen molar-refractivity contribution in [3.63, 3.8) is 0 Å². The molecule has 1 aromatic heterocycles. The van der Waals surface area contributed by atoms with Crippen LogP contribution < -0.4 is 10.6 Å². The molecule has 94 valence electrons. The molecular formula is C12H14FN5. The largest absolute Gasteiger partial charge is 0.360 e. The summed E-state index contributed by atoms with van der Waals surface area (Å²) in [5.74, 6) is 0.624. The first-order valence-corrected chi connectivity index (χ1v) is 5.88. The highest BCUT2D eigenvalue weighted by Gasteiger charge is 2.21. The van der Waals surface area contributed by atoms with Crippen molar-refractivity contribution in [2.24, 2.45) is 5.73 Å². The lowest BCUT2D eigenvalue weighted by Gasteiger charge is -2.30. The van der Waals surface area contributed by atoms with Crippen LogP contribution in [0.3, 0.4) is 0 Å². The highest BCUT2D eigenvalue weighted by atomic mass is 19.1.